The average molecular weight is 235 g/mol. The minimum Gasteiger partial charge on any atom is -0.385 e. The molecule has 17 heavy (non-hydrogen) atoms. The van der Waals surface area contributed by atoms with Gasteiger partial charge < -0.3 is 5.32 Å². The molecule has 1 heteroatoms. The standard InChI is InChI=1S/C16H29N/c1-7-9-11-15(10-8-2)17-13-12-16(5,6)14(3)4/h7,9-11,14,17H,1,8,12-13H2,2-6H3/b11-9-,15-10+. The van der Waals surface area contributed by atoms with Crippen molar-refractivity contribution in [3.05, 3.63) is 36.6 Å². The van der Waals surface area contributed by atoms with Crippen LogP contribution in [0.25, 0.3) is 0 Å². The summed E-state index contributed by atoms with van der Waals surface area (Å²) in [5.74, 6) is 0.714. The van der Waals surface area contributed by atoms with Crippen LogP contribution in [0.15, 0.2) is 36.6 Å². The summed E-state index contributed by atoms with van der Waals surface area (Å²) in [7, 11) is 0. The van der Waals surface area contributed by atoms with E-state index in [0.29, 0.717) is 11.3 Å². The van der Waals surface area contributed by atoms with E-state index in [1.165, 1.54) is 12.1 Å². The smallest absolute Gasteiger partial charge is 0.0299 e. The largest absolute Gasteiger partial charge is 0.385 e. The Hall–Kier alpha value is -0.980. The van der Waals surface area contributed by atoms with Crippen molar-refractivity contribution in [1.82, 2.24) is 5.32 Å². The summed E-state index contributed by atoms with van der Waals surface area (Å²) >= 11 is 0. The Labute approximate surface area is 108 Å². The first-order valence-electron chi connectivity index (χ1n) is 6.67. The van der Waals surface area contributed by atoms with Crippen LogP contribution in [0.3, 0.4) is 0 Å². The molecule has 0 heterocycles. The summed E-state index contributed by atoms with van der Waals surface area (Å²) in [5, 5.41) is 3.49. The maximum Gasteiger partial charge on any atom is 0.0299 e. The Morgan fingerprint density at radius 1 is 1.35 bits per heavy atom. The van der Waals surface area contributed by atoms with Gasteiger partial charge in [-0.15, -0.1) is 0 Å². The highest BCUT2D eigenvalue weighted by Gasteiger charge is 2.21. The molecule has 98 valence electrons. The number of hydrogen-bond donors (Lipinski definition) is 1. The van der Waals surface area contributed by atoms with Gasteiger partial charge in [0.05, 0.1) is 0 Å². The molecule has 0 aliphatic carbocycles. The third-order valence-electron chi connectivity index (χ3n) is 3.50. The van der Waals surface area contributed by atoms with Gasteiger partial charge in [0.25, 0.3) is 0 Å². The molecule has 0 saturated carbocycles. The summed E-state index contributed by atoms with van der Waals surface area (Å²) in [4.78, 5) is 0. The van der Waals surface area contributed by atoms with Gasteiger partial charge in [-0.2, -0.15) is 0 Å². The van der Waals surface area contributed by atoms with E-state index in [2.05, 4.69) is 58.7 Å². The van der Waals surface area contributed by atoms with Crippen molar-refractivity contribution in [3.8, 4) is 0 Å². The van der Waals surface area contributed by atoms with Gasteiger partial charge in [0.2, 0.25) is 0 Å². The average Bonchev–Trinajstić information content (AvgIpc) is 2.25. The Bertz CT molecular complexity index is 269. The fourth-order valence-corrected chi connectivity index (χ4v) is 1.41. The van der Waals surface area contributed by atoms with E-state index in [1.54, 1.807) is 0 Å². The number of hydrogen-bond acceptors (Lipinski definition) is 1. The van der Waals surface area contributed by atoms with Crippen LogP contribution in [-0.2, 0) is 0 Å². The highest BCUT2D eigenvalue weighted by atomic mass is 14.9. The Morgan fingerprint density at radius 2 is 2.00 bits per heavy atom. The van der Waals surface area contributed by atoms with Crippen LogP contribution in [0.1, 0.15) is 47.5 Å². The van der Waals surface area contributed by atoms with E-state index in [-0.39, 0.29) is 0 Å². The summed E-state index contributed by atoms with van der Waals surface area (Å²) in [6, 6.07) is 0. The molecule has 0 aromatic carbocycles. The highest BCUT2D eigenvalue weighted by Crippen LogP contribution is 2.29. The molecular weight excluding hydrogens is 206 g/mol. The Kier molecular flexibility index (Phi) is 7.69. The third-order valence-corrected chi connectivity index (χ3v) is 3.50. The molecule has 1 nitrogen and oxygen atoms in total. The lowest BCUT2D eigenvalue weighted by Gasteiger charge is -2.29. The van der Waals surface area contributed by atoms with Crippen molar-refractivity contribution in [2.24, 2.45) is 11.3 Å². The van der Waals surface area contributed by atoms with Crippen LogP contribution >= 0.6 is 0 Å². The second-order valence-electron chi connectivity index (χ2n) is 5.48. The first-order valence-corrected chi connectivity index (χ1v) is 6.67. The molecule has 0 saturated heterocycles. The summed E-state index contributed by atoms with van der Waals surface area (Å²) in [5.41, 5.74) is 1.60. The zero-order valence-corrected chi connectivity index (χ0v) is 12.2. The molecule has 0 rings (SSSR count). The van der Waals surface area contributed by atoms with Crippen molar-refractivity contribution in [1.29, 1.82) is 0 Å². The van der Waals surface area contributed by atoms with Crippen LogP contribution < -0.4 is 5.32 Å². The molecule has 0 fully saturated rings. The molecule has 0 amide bonds. The van der Waals surface area contributed by atoms with Crippen molar-refractivity contribution >= 4 is 0 Å². The molecule has 0 aliphatic heterocycles. The molecule has 0 spiro atoms. The van der Waals surface area contributed by atoms with E-state index in [9.17, 15) is 0 Å². The zero-order valence-electron chi connectivity index (χ0n) is 12.2. The third kappa shape index (κ3) is 7.04. The molecule has 0 atom stereocenters. The van der Waals surface area contributed by atoms with Gasteiger partial charge in [-0.05, 0) is 30.3 Å². The first-order chi connectivity index (χ1) is 7.94. The molecule has 0 unspecified atom stereocenters. The van der Waals surface area contributed by atoms with E-state index >= 15 is 0 Å². The van der Waals surface area contributed by atoms with E-state index in [0.717, 1.165) is 13.0 Å². The number of nitrogens with one attached hydrogen (secondary N) is 1. The Balaban J connectivity index is 4.20. The van der Waals surface area contributed by atoms with Gasteiger partial charge in [0.15, 0.2) is 0 Å². The number of rotatable bonds is 8. The van der Waals surface area contributed by atoms with Gasteiger partial charge >= 0.3 is 0 Å². The second-order valence-corrected chi connectivity index (χ2v) is 5.48. The monoisotopic (exact) mass is 235 g/mol. The summed E-state index contributed by atoms with van der Waals surface area (Å²) in [6.45, 7) is 16.1. The molecular formula is C16H29N. The molecule has 0 radical (unpaired) electrons. The highest BCUT2D eigenvalue weighted by molar-refractivity contribution is 5.19. The molecule has 0 aromatic heterocycles. The summed E-state index contributed by atoms with van der Waals surface area (Å²) < 4.78 is 0. The predicted octanol–water partition coefficient (Wildman–Crippen LogP) is 4.68. The van der Waals surface area contributed by atoms with Crippen LogP contribution in [0.2, 0.25) is 0 Å². The fraction of sp³-hybridized carbons (Fsp3) is 0.625. The quantitative estimate of drug-likeness (QED) is 0.602. The SMILES string of the molecule is C=C/C=C\C(=C/CC)NCCC(C)(C)C(C)C. The van der Waals surface area contributed by atoms with Crippen LogP contribution in [0.4, 0.5) is 0 Å². The lowest BCUT2D eigenvalue weighted by Crippen LogP contribution is -2.25. The van der Waals surface area contributed by atoms with Gasteiger partial charge in [-0.3, -0.25) is 0 Å². The van der Waals surface area contributed by atoms with Crippen molar-refractivity contribution in [3.63, 3.8) is 0 Å². The maximum absolute atomic E-state index is 3.69. The van der Waals surface area contributed by atoms with Crippen molar-refractivity contribution in [2.45, 2.75) is 47.5 Å². The van der Waals surface area contributed by atoms with E-state index < -0.39 is 0 Å². The normalized spacial score (nSPS) is 13.4. The van der Waals surface area contributed by atoms with E-state index in [4.69, 9.17) is 0 Å². The van der Waals surface area contributed by atoms with Crippen LogP contribution in [-0.4, -0.2) is 6.54 Å². The zero-order chi connectivity index (χ0) is 13.3. The first kappa shape index (κ1) is 16.0. The van der Waals surface area contributed by atoms with Crippen molar-refractivity contribution in [2.75, 3.05) is 6.54 Å². The molecule has 0 aliphatic rings. The predicted molar refractivity (Wildman–Crippen MR) is 78.9 cm³/mol. The van der Waals surface area contributed by atoms with Gasteiger partial charge in [0, 0.05) is 12.2 Å². The van der Waals surface area contributed by atoms with Gasteiger partial charge in [-0.25, -0.2) is 0 Å². The minimum absolute atomic E-state index is 0.395. The fourth-order valence-electron chi connectivity index (χ4n) is 1.41. The minimum atomic E-state index is 0.395. The van der Waals surface area contributed by atoms with Crippen molar-refractivity contribution < 1.29 is 0 Å². The molecule has 0 aromatic rings. The summed E-state index contributed by atoms with van der Waals surface area (Å²) in [6.07, 6.45) is 10.3. The lowest BCUT2D eigenvalue weighted by atomic mass is 9.78. The van der Waals surface area contributed by atoms with Gasteiger partial charge in [-0.1, -0.05) is 59.4 Å². The topological polar surface area (TPSA) is 12.0 Å². The van der Waals surface area contributed by atoms with E-state index in [1.807, 2.05) is 12.2 Å². The molecule has 1 N–H and O–H groups in total. The lowest BCUT2D eigenvalue weighted by molar-refractivity contribution is 0.229. The second kappa shape index (κ2) is 8.16. The Morgan fingerprint density at radius 3 is 2.47 bits per heavy atom. The molecule has 0 bridgehead atoms. The van der Waals surface area contributed by atoms with Gasteiger partial charge in [0.1, 0.15) is 0 Å². The van der Waals surface area contributed by atoms with Crippen LogP contribution in [0.5, 0.6) is 0 Å². The maximum atomic E-state index is 3.69. The number of allylic oxidation sites excluding steroid dienone is 4. The van der Waals surface area contributed by atoms with Crippen LogP contribution in [0, 0.1) is 11.3 Å².